The molecule has 31 heavy (non-hydrogen) atoms. The van der Waals surface area contributed by atoms with Gasteiger partial charge in [0.1, 0.15) is 12.3 Å². The van der Waals surface area contributed by atoms with Crippen LogP contribution in [0, 0.1) is 0 Å². The van der Waals surface area contributed by atoms with E-state index < -0.39 is 17.1 Å². The summed E-state index contributed by atoms with van der Waals surface area (Å²) in [6.07, 6.45) is 1.64. The van der Waals surface area contributed by atoms with Gasteiger partial charge in [0.05, 0.1) is 10.6 Å². The van der Waals surface area contributed by atoms with Gasteiger partial charge in [0.2, 0.25) is 5.91 Å². The number of nitrogens with zero attached hydrogens (tertiary/aromatic N) is 1. The Hall–Kier alpha value is -3.84. The number of carbonyl (C=O) groups excluding carboxylic acids is 3. The molecule has 0 saturated carbocycles. The van der Waals surface area contributed by atoms with Crippen molar-refractivity contribution < 1.29 is 19.1 Å². The molecule has 3 aromatic carbocycles. The maximum absolute atomic E-state index is 12.6. The van der Waals surface area contributed by atoms with E-state index in [9.17, 15) is 14.4 Å². The lowest BCUT2D eigenvalue weighted by Gasteiger charge is -2.15. The molecule has 154 valence electrons. The van der Waals surface area contributed by atoms with Crippen molar-refractivity contribution in [3.05, 3.63) is 95.4 Å². The Bertz CT molecular complexity index is 1150. The van der Waals surface area contributed by atoms with Crippen LogP contribution in [0.15, 0.2) is 89.8 Å². The van der Waals surface area contributed by atoms with Gasteiger partial charge in [0.15, 0.2) is 5.75 Å². The average Bonchev–Trinajstić information content (AvgIpc) is 3.04. The molecule has 4 rings (SSSR count). The summed E-state index contributed by atoms with van der Waals surface area (Å²) in [5, 5.41) is 2.25. The second kappa shape index (κ2) is 9.32. The van der Waals surface area contributed by atoms with Crippen molar-refractivity contribution in [3.63, 3.8) is 0 Å². The summed E-state index contributed by atoms with van der Waals surface area (Å²) in [6, 6.07) is 25.4. The number of anilines is 1. The van der Waals surface area contributed by atoms with Crippen LogP contribution in [0.4, 0.5) is 10.5 Å². The van der Waals surface area contributed by atoms with Crippen LogP contribution in [0.3, 0.4) is 0 Å². The monoisotopic (exact) mass is 430 g/mol. The third-order valence-corrected chi connectivity index (χ3v) is 5.31. The number of para-hydroxylation sites is 3. The minimum atomic E-state index is -0.493. The molecule has 7 heteroatoms. The van der Waals surface area contributed by atoms with Crippen LogP contribution in [0.1, 0.15) is 5.56 Å². The Labute approximate surface area is 183 Å². The third-order valence-electron chi connectivity index (χ3n) is 4.40. The van der Waals surface area contributed by atoms with Crippen LogP contribution in [0.25, 0.3) is 6.08 Å². The Morgan fingerprint density at radius 2 is 1.55 bits per heavy atom. The fourth-order valence-corrected chi connectivity index (χ4v) is 3.78. The van der Waals surface area contributed by atoms with Gasteiger partial charge in [-0.2, -0.15) is 0 Å². The molecule has 3 amide bonds. The average molecular weight is 430 g/mol. The molecule has 1 saturated heterocycles. The largest absolute Gasteiger partial charge is 0.455 e. The lowest BCUT2D eigenvalue weighted by Crippen LogP contribution is -2.36. The maximum atomic E-state index is 12.6. The first-order valence-electron chi connectivity index (χ1n) is 9.52. The van der Waals surface area contributed by atoms with E-state index in [1.807, 2.05) is 48.5 Å². The fourth-order valence-electron chi connectivity index (χ4n) is 2.94. The van der Waals surface area contributed by atoms with Gasteiger partial charge in [-0.05, 0) is 47.7 Å². The van der Waals surface area contributed by atoms with Crippen LogP contribution in [0.5, 0.6) is 11.5 Å². The number of hydrogen-bond acceptors (Lipinski definition) is 5. The lowest BCUT2D eigenvalue weighted by atomic mass is 10.2. The molecule has 0 aromatic heterocycles. The first-order valence-corrected chi connectivity index (χ1v) is 10.3. The summed E-state index contributed by atoms with van der Waals surface area (Å²) in [7, 11) is 0. The standard InChI is InChI=1S/C24H18N2O4S/c27-22(25-19-13-7-8-14-20(19)30-18-11-5-2-6-12-18)16-26-23(28)21(31-24(26)29)15-17-9-3-1-4-10-17/h1-15H,16H2,(H,25,27)/b21-15+. The Morgan fingerprint density at radius 3 is 2.29 bits per heavy atom. The minimum absolute atomic E-state index is 0.289. The predicted octanol–water partition coefficient (Wildman–Crippen LogP) is 5.15. The van der Waals surface area contributed by atoms with Crippen LogP contribution in [-0.2, 0) is 9.59 Å². The van der Waals surface area contributed by atoms with E-state index in [4.69, 9.17) is 4.74 Å². The second-order valence-electron chi connectivity index (χ2n) is 6.64. The maximum Gasteiger partial charge on any atom is 0.294 e. The Balaban J connectivity index is 1.44. The highest BCUT2D eigenvalue weighted by molar-refractivity contribution is 8.18. The zero-order chi connectivity index (χ0) is 21.6. The molecule has 1 N–H and O–H groups in total. The summed E-state index contributed by atoms with van der Waals surface area (Å²) >= 11 is 0.824. The highest BCUT2D eigenvalue weighted by Gasteiger charge is 2.36. The molecule has 0 spiro atoms. The molecule has 0 atom stereocenters. The summed E-state index contributed by atoms with van der Waals surface area (Å²) in [5.41, 5.74) is 1.26. The number of rotatable bonds is 6. The van der Waals surface area contributed by atoms with E-state index >= 15 is 0 Å². The Morgan fingerprint density at radius 1 is 0.903 bits per heavy atom. The number of hydrogen-bond donors (Lipinski definition) is 1. The van der Waals surface area contributed by atoms with Gasteiger partial charge in [0.25, 0.3) is 11.1 Å². The predicted molar refractivity (Wildman–Crippen MR) is 121 cm³/mol. The molecule has 1 aliphatic heterocycles. The van der Waals surface area contributed by atoms with Crippen LogP contribution in [0.2, 0.25) is 0 Å². The number of carbonyl (C=O) groups is 3. The van der Waals surface area contributed by atoms with E-state index in [2.05, 4.69) is 5.32 Å². The van der Waals surface area contributed by atoms with Crippen molar-refractivity contribution in [2.45, 2.75) is 0 Å². The molecular formula is C24H18N2O4S. The van der Waals surface area contributed by atoms with E-state index in [1.165, 1.54) is 0 Å². The number of nitrogens with one attached hydrogen (secondary N) is 1. The van der Waals surface area contributed by atoms with E-state index in [1.54, 1.807) is 42.5 Å². The minimum Gasteiger partial charge on any atom is -0.455 e. The number of thioether (sulfide) groups is 1. The molecule has 1 aliphatic rings. The number of benzene rings is 3. The summed E-state index contributed by atoms with van der Waals surface area (Å²) < 4.78 is 5.83. The van der Waals surface area contributed by atoms with Gasteiger partial charge >= 0.3 is 0 Å². The SMILES string of the molecule is O=C(CN1C(=O)S/C(=C/c2ccccc2)C1=O)Nc1ccccc1Oc1ccccc1. The molecule has 0 radical (unpaired) electrons. The number of ether oxygens (including phenoxy) is 1. The van der Waals surface area contributed by atoms with E-state index in [-0.39, 0.29) is 11.4 Å². The zero-order valence-electron chi connectivity index (χ0n) is 16.4. The number of imide groups is 1. The highest BCUT2D eigenvalue weighted by atomic mass is 32.2. The highest BCUT2D eigenvalue weighted by Crippen LogP contribution is 2.33. The van der Waals surface area contributed by atoms with Crippen molar-refractivity contribution in [1.29, 1.82) is 0 Å². The van der Waals surface area contributed by atoms with Crippen LogP contribution < -0.4 is 10.1 Å². The molecule has 1 heterocycles. The summed E-state index contributed by atoms with van der Waals surface area (Å²) in [5.74, 6) is 0.108. The van der Waals surface area contributed by atoms with Crippen molar-refractivity contribution >= 4 is 40.6 Å². The van der Waals surface area contributed by atoms with Crippen molar-refractivity contribution in [3.8, 4) is 11.5 Å². The third kappa shape index (κ3) is 5.02. The molecular weight excluding hydrogens is 412 g/mol. The molecule has 3 aromatic rings. The molecule has 0 aliphatic carbocycles. The quantitative estimate of drug-likeness (QED) is 0.547. The van der Waals surface area contributed by atoms with Gasteiger partial charge in [-0.25, -0.2) is 0 Å². The molecule has 1 fully saturated rings. The summed E-state index contributed by atoms with van der Waals surface area (Å²) in [4.78, 5) is 38.7. The van der Waals surface area contributed by atoms with Crippen molar-refractivity contribution in [1.82, 2.24) is 4.90 Å². The molecule has 6 nitrogen and oxygen atoms in total. The van der Waals surface area contributed by atoms with Gasteiger partial charge in [0, 0.05) is 0 Å². The fraction of sp³-hybridized carbons (Fsp3) is 0.0417. The summed E-state index contributed by atoms with van der Waals surface area (Å²) in [6.45, 7) is -0.379. The van der Waals surface area contributed by atoms with Crippen molar-refractivity contribution in [2.24, 2.45) is 0 Å². The van der Waals surface area contributed by atoms with E-state index in [0.29, 0.717) is 17.2 Å². The van der Waals surface area contributed by atoms with Gasteiger partial charge in [-0.15, -0.1) is 0 Å². The first-order chi connectivity index (χ1) is 15.1. The van der Waals surface area contributed by atoms with Gasteiger partial charge in [-0.1, -0.05) is 60.7 Å². The van der Waals surface area contributed by atoms with Crippen LogP contribution >= 0.6 is 11.8 Å². The van der Waals surface area contributed by atoms with Crippen molar-refractivity contribution in [2.75, 3.05) is 11.9 Å². The molecule has 0 unspecified atom stereocenters. The zero-order valence-corrected chi connectivity index (χ0v) is 17.2. The Kier molecular flexibility index (Phi) is 6.14. The topological polar surface area (TPSA) is 75.7 Å². The molecule has 0 bridgehead atoms. The first kappa shape index (κ1) is 20.4. The van der Waals surface area contributed by atoms with Gasteiger partial charge in [-0.3, -0.25) is 19.3 Å². The second-order valence-corrected chi connectivity index (χ2v) is 7.63. The van der Waals surface area contributed by atoms with Crippen LogP contribution in [-0.4, -0.2) is 28.5 Å². The lowest BCUT2D eigenvalue weighted by molar-refractivity contribution is -0.127. The normalized spacial score (nSPS) is 14.7. The van der Waals surface area contributed by atoms with Gasteiger partial charge < -0.3 is 10.1 Å². The smallest absolute Gasteiger partial charge is 0.294 e. The van der Waals surface area contributed by atoms with E-state index in [0.717, 1.165) is 22.2 Å². The number of amides is 3.